The monoisotopic (exact) mass is 532 g/mol. The summed E-state index contributed by atoms with van der Waals surface area (Å²) in [5.41, 5.74) is -1.83. The van der Waals surface area contributed by atoms with Crippen LogP contribution in [0.1, 0.15) is 85.0 Å². The molecule has 0 radical (unpaired) electrons. The van der Waals surface area contributed by atoms with Gasteiger partial charge in [0.05, 0.1) is 18.1 Å². The Labute approximate surface area is 228 Å². The molecule has 38 heavy (non-hydrogen) atoms. The Hall–Kier alpha value is -2.19. The van der Waals surface area contributed by atoms with Crippen molar-refractivity contribution in [1.29, 1.82) is 0 Å². The number of rotatable bonds is 17. The van der Waals surface area contributed by atoms with E-state index >= 15 is 0 Å². The molecule has 1 N–H and O–H groups in total. The van der Waals surface area contributed by atoms with Crippen molar-refractivity contribution in [2.45, 2.75) is 108 Å². The van der Waals surface area contributed by atoms with Crippen LogP contribution < -0.4 is 0 Å². The first-order valence-electron chi connectivity index (χ1n) is 14.6. The molecule has 2 bridgehead atoms. The smallest absolute Gasteiger partial charge is 0.312 e. The maximum absolute atomic E-state index is 14.4. The molecule has 0 saturated carbocycles. The lowest BCUT2D eigenvalue weighted by molar-refractivity contribution is -0.162. The second-order valence-electron chi connectivity index (χ2n) is 11.2. The summed E-state index contributed by atoms with van der Waals surface area (Å²) in [5.74, 6) is -2.16. The zero-order valence-corrected chi connectivity index (χ0v) is 23.7. The van der Waals surface area contributed by atoms with Crippen LogP contribution in [0, 0.1) is 11.8 Å². The summed E-state index contributed by atoms with van der Waals surface area (Å²) in [6, 6.07) is -0.794. The molecule has 1 spiro atoms. The zero-order valence-electron chi connectivity index (χ0n) is 23.7. The quantitative estimate of drug-likeness (QED) is 0.173. The molecule has 0 aromatic carbocycles. The Morgan fingerprint density at radius 3 is 2.58 bits per heavy atom. The molecular formula is C30H48N2O6. The van der Waals surface area contributed by atoms with Crippen LogP contribution in [0.5, 0.6) is 0 Å². The average Bonchev–Trinajstić information content (AvgIpc) is 3.50. The minimum Gasteiger partial charge on any atom is -0.465 e. The molecule has 0 aromatic rings. The van der Waals surface area contributed by atoms with Gasteiger partial charge in [0.2, 0.25) is 11.8 Å². The third-order valence-corrected chi connectivity index (χ3v) is 8.89. The molecule has 0 aromatic heterocycles. The lowest BCUT2D eigenvalue weighted by atomic mass is 9.65. The number of likely N-dealkylation sites (tertiary alicyclic amines) is 1. The van der Waals surface area contributed by atoms with Crippen LogP contribution >= 0.6 is 0 Å². The normalized spacial score (nSPS) is 30.3. The molecule has 214 valence electrons. The topological polar surface area (TPSA) is 96.4 Å². The van der Waals surface area contributed by atoms with Gasteiger partial charge in [-0.3, -0.25) is 14.4 Å². The van der Waals surface area contributed by atoms with Gasteiger partial charge in [0.1, 0.15) is 17.6 Å². The van der Waals surface area contributed by atoms with Crippen LogP contribution in [0.25, 0.3) is 0 Å². The summed E-state index contributed by atoms with van der Waals surface area (Å²) in [4.78, 5) is 45.6. The Kier molecular flexibility index (Phi) is 10.6. The molecule has 8 heteroatoms. The molecule has 3 saturated heterocycles. The third kappa shape index (κ3) is 5.44. The van der Waals surface area contributed by atoms with Crippen molar-refractivity contribution >= 4 is 17.8 Å². The van der Waals surface area contributed by atoms with Crippen molar-refractivity contribution in [2.24, 2.45) is 11.8 Å². The SMILES string of the molecule is C=CCCOC(=O)[C@@H]1[C@H]2C(=O)N(CCCCCCO)C(C(=O)N(CC=C)C(C)CCC)C23CC[C@@]1(CC)O3. The molecule has 3 aliphatic rings. The van der Waals surface area contributed by atoms with Gasteiger partial charge >= 0.3 is 5.97 Å². The lowest BCUT2D eigenvalue weighted by Crippen LogP contribution is -2.58. The number of esters is 1. The standard InChI is InChI=1S/C30H48N2O6/c1-6-10-21-37-28(36)24-23-26(34)32(19-13-11-12-14-20-33)25(30(23)17-16-29(24,9-4)38-30)27(35)31(18-8-3)22(5)15-7-2/h6,8,22-25,33H,1,3,7,9-21H2,2,4-5H3/t22?,23-,24-,25?,29+,30?/m0/s1. The number of carbonyl (C=O) groups is 3. The summed E-state index contributed by atoms with van der Waals surface area (Å²) in [6.45, 7) is 14.9. The van der Waals surface area contributed by atoms with E-state index in [0.717, 1.165) is 32.1 Å². The van der Waals surface area contributed by atoms with E-state index in [9.17, 15) is 14.4 Å². The highest BCUT2D eigenvalue weighted by Gasteiger charge is 2.79. The van der Waals surface area contributed by atoms with Gasteiger partial charge in [0.15, 0.2) is 0 Å². The number of hydrogen-bond acceptors (Lipinski definition) is 6. The Morgan fingerprint density at radius 1 is 1.21 bits per heavy atom. The third-order valence-electron chi connectivity index (χ3n) is 8.89. The zero-order chi connectivity index (χ0) is 27.9. The first kappa shape index (κ1) is 30.4. The fourth-order valence-corrected chi connectivity index (χ4v) is 7.03. The predicted molar refractivity (Wildman–Crippen MR) is 146 cm³/mol. The summed E-state index contributed by atoms with van der Waals surface area (Å²) in [5, 5.41) is 9.14. The largest absolute Gasteiger partial charge is 0.465 e. The van der Waals surface area contributed by atoms with Gasteiger partial charge in [-0.05, 0) is 51.9 Å². The van der Waals surface area contributed by atoms with Gasteiger partial charge in [0, 0.05) is 25.7 Å². The van der Waals surface area contributed by atoms with Gasteiger partial charge in [-0.15, -0.1) is 13.2 Å². The van der Waals surface area contributed by atoms with E-state index in [4.69, 9.17) is 14.6 Å². The molecule has 8 nitrogen and oxygen atoms in total. The van der Waals surface area contributed by atoms with Crippen molar-refractivity contribution in [3.05, 3.63) is 25.3 Å². The highest BCUT2D eigenvalue weighted by atomic mass is 16.6. The number of ether oxygens (including phenoxy) is 2. The van der Waals surface area contributed by atoms with E-state index in [1.54, 1.807) is 17.1 Å². The number of aliphatic hydroxyl groups is 1. The van der Waals surface area contributed by atoms with E-state index < -0.39 is 35.0 Å². The summed E-state index contributed by atoms with van der Waals surface area (Å²) in [6.07, 6.45) is 10.6. The van der Waals surface area contributed by atoms with Crippen molar-refractivity contribution in [1.82, 2.24) is 9.80 Å². The van der Waals surface area contributed by atoms with E-state index in [1.165, 1.54) is 0 Å². The predicted octanol–water partition coefficient (Wildman–Crippen LogP) is 4.02. The second kappa shape index (κ2) is 13.2. The number of fused-ring (bicyclic) bond motifs is 1. The van der Waals surface area contributed by atoms with Gasteiger partial charge < -0.3 is 24.4 Å². The first-order valence-corrected chi connectivity index (χ1v) is 14.6. The average molecular weight is 533 g/mol. The Bertz CT molecular complexity index is 877. The summed E-state index contributed by atoms with van der Waals surface area (Å²) >= 11 is 0. The first-order chi connectivity index (χ1) is 18.3. The fourth-order valence-electron chi connectivity index (χ4n) is 7.03. The maximum atomic E-state index is 14.4. The van der Waals surface area contributed by atoms with Crippen LogP contribution in [0.3, 0.4) is 0 Å². The van der Waals surface area contributed by atoms with Crippen LogP contribution in [0.15, 0.2) is 25.3 Å². The molecule has 3 fully saturated rings. The summed E-state index contributed by atoms with van der Waals surface area (Å²) in [7, 11) is 0. The Morgan fingerprint density at radius 2 is 1.95 bits per heavy atom. The number of unbranched alkanes of at least 4 members (excludes halogenated alkanes) is 3. The van der Waals surface area contributed by atoms with Gasteiger partial charge in [-0.2, -0.15) is 0 Å². The summed E-state index contributed by atoms with van der Waals surface area (Å²) < 4.78 is 12.4. The van der Waals surface area contributed by atoms with Crippen LogP contribution in [-0.4, -0.2) is 82.3 Å². The van der Waals surface area contributed by atoms with E-state index in [-0.39, 0.29) is 31.1 Å². The van der Waals surface area contributed by atoms with E-state index in [2.05, 4.69) is 20.1 Å². The molecule has 0 aliphatic carbocycles. The fraction of sp³-hybridized carbons (Fsp3) is 0.767. The molecule has 3 unspecified atom stereocenters. The molecule has 6 atom stereocenters. The molecule has 3 rings (SSSR count). The number of carbonyl (C=O) groups excluding carboxylic acids is 3. The molecule has 3 heterocycles. The Balaban J connectivity index is 2.00. The van der Waals surface area contributed by atoms with E-state index in [1.807, 2.05) is 18.7 Å². The minimum absolute atomic E-state index is 0.0131. The van der Waals surface area contributed by atoms with E-state index in [0.29, 0.717) is 45.2 Å². The number of hydrogen-bond donors (Lipinski definition) is 1. The number of amides is 2. The highest BCUT2D eigenvalue weighted by Crippen LogP contribution is 2.64. The van der Waals surface area contributed by atoms with Gasteiger partial charge in [-0.25, -0.2) is 0 Å². The van der Waals surface area contributed by atoms with Crippen LogP contribution in [0.2, 0.25) is 0 Å². The van der Waals surface area contributed by atoms with Crippen LogP contribution in [0.4, 0.5) is 0 Å². The van der Waals surface area contributed by atoms with Crippen LogP contribution in [-0.2, 0) is 23.9 Å². The highest BCUT2D eigenvalue weighted by molar-refractivity contribution is 5.98. The lowest BCUT2D eigenvalue weighted by Gasteiger charge is -2.39. The molecular weight excluding hydrogens is 484 g/mol. The maximum Gasteiger partial charge on any atom is 0.312 e. The minimum atomic E-state index is -1.04. The van der Waals surface area contributed by atoms with Crippen molar-refractivity contribution in [3.63, 3.8) is 0 Å². The number of aliphatic hydroxyl groups excluding tert-OH is 1. The van der Waals surface area contributed by atoms with Gasteiger partial charge in [0.25, 0.3) is 0 Å². The molecule has 2 amide bonds. The number of nitrogens with zero attached hydrogens (tertiary/aromatic N) is 2. The van der Waals surface area contributed by atoms with Crippen molar-refractivity contribution in [3.8, 4) is 0 Å². The second-order valence-corrected chi connectivity index (χ2v) is 11.2. The van der Waals surface area contributed by atoms with Crippen molar-refractivity contribution in [2.75, 3.05) is 26.3 Å². The van der Waals surface area contributed by atoms with Crippen molar-refractivity contribution < 1.29 is 29.0 Å². The molecule has 3 aliphatic heterocycles. The van der Waals surface area contributed by atoms with Gasteiger partial charge in [-0.1, -0.05) is 45.3 Å².